The molecule has 1 aromatic carbocycles. The molecule has 3 rings (SSSR count). The summed E-state index contributed by atoms with van der Waals surface area (Å²) in [5, 5.41) is 3.12. The summed E-state index contributed by atoms with van der Waals surface area (Å²) in [6.07, 6.45) is 2.20. The quantitative estimate of drug-likeness (QED) is 0.712. The number of anilines is 1. The number of benzene rings is 1. The minimum absolute atomic E-state index is 0.220. The van der Waals surface area contributed by atoms with Crippen LogP contribution in [0.15, 0.2) is 52.2 Å². The third kappa shape index (κ3) is 4.19. The maximum Gasteiger partial charge on any atom is 0.333 e. The third-order valence-electron chi connectivity index (χ3n) is 4.51. The number of aryl methyl sites for hydroxylation is 1. The molecule has 7 nitrogen and oxygen atoms in total. The Hall–Kier alpha value is -3.22. The molecule has 0 saturated heterocycles. The maximum absolute atomic E-state index is 13.0. The summed E-state index contributed by atoms with van der Waals surface area (Å²) >= 11 is 0. The van der Waals surface area contributed by atoms with E-state index in [-0.39, 0.29) is 23.7 Å². The first-order chi connectivity index (χ1) is 13.4. The maximum atomic E-state index is 13.0. The average Bonchev–Trinajstić information content (AvgIpc) is 2.65. The second-order valence-electron chi connectivity index (χ2n) is 7.30. The van der Waals surface area contributed by atoms with Gasteiger partial charge < -0.3 is 5.32 Å². The predicted octanol–water partition coefficient (Wildman–Crippen LogP) is 2.55. The number of rotatable bonds is 6. The molecule has 0 bridgehead atoms. The highest BCUT2D eigenvalue weighted by Crippen LogP contribution is 2.10. The molecule has 0 aliphatic carbocycles. The van der Waals surface area contributed by atoms with Gasteiger partial charge in [-0.15, -0.1) is 0 Å². The summed E-state index contributed by atoms with van der Waals surface area (Å²) in [6.45, 7) is 6.08. The lowest BCUT2D eigenvalue weighted by Crippen LogP contribution is -2.42. The van der Waals surface area contributed by atoms with E-state index in [0.29, 0.717) is 30.0 Å². The highest BCUT2D eigenvalue weighted by molar-refractivity contribution is 5.91. The summed E-state index contributed by atoms with van der Waals surface area (Å²) in [7, 11) is 0. The Balaban J connectivity index is 2.00. The fourth-order valence-corrected chi connectivity index (χ4v) is 3.04. The van der Waals surface area contributed by atoms with Gasteiger partial charge in [0.25, 0.3) is 5.56 Å². The SMILES string of the molecule is Cc1cccc(NC(=O)Cn2c(=O)n(CCC(C)C)c(=O)c3cccnc32)c1. The molecule has 1 N–H and O–H groups in total. The van der Waals surface area contributed by atoms with Gasteiger partial charge in [-0.2, -0.15) is 0 Å². The molecule has 2 aromatic heterocycles. The van der Waals surface area contributed by atoms with Crippen molar-refractivity contribution < 1.29 is 4.79 Å². The minimum Gasteiger partial charge on any atom is -0.325 e. The molecule has 0 radical (unpaired) electrons. The number of fused-ring (bicyclic) bond motifs is 1. The van der Waals surface area contributed by atoms with Crippen molar-refractivity contribution in [3.63, 3.8) is 0 Å². The van der Waals surface area contributed by atoms with Crippen LogP contribution in [-0.2, 0) is 17.9 Å². The van der Waals surface area contributed by atoms with E-state index < -0.39 is 5.69 Å². The van der Waals surface area contributed by atoms with Gasteiger partial charge in [-0.25, -0.2) is 9.78 Å². The van der Waals surface area contributed by atoms with Crippen molar-refractivity contribution in [3.8, 4) is 0 Å². The largest absolute Gasteiger partial charge is 0.333 e. The van der Waals surface area contributed by atoms with E-state index in [1.807, 2.05) is 39.0 Å². The smallest absolute Gasteiger partial charge is 0.325 e. The van der Waals surface area contributed by atoms with Gasteiger partial charge in [-0.1, -0.05) is 26.0 Å². The minimum atomic E-state index is -0.517. The van der Waals surface area contributed by atoms with Crippen LogP contribution in [0.4, 0.5) is 5.69 Å². The summed E-state index contributed by atoms with van der Waals surface area (Å²) in [4.78, 5) is 42.5. The zero-order chi connectivity index (χ0) is 20.3. The molecule has 146 valence electrons. The molecule has 2 heterocycles. The van der Waals surface area contributed by atoms with Crippen LogP contribution in [0.2, 0.25) is 0 Å². The number of nitrogens with zero attached hydrogens (tertiary/aromatic N) is 3. The first-order valence-corrected chi connectivity index (χ1v) is 9.31. The van der Waals surface area contributed by atoms with Gasteiger partial charge in [-0.3, -0.25) is 18.7 Å². The van der Waals surface area contributed by atoms with Crippen molar-refractivity contribution in [2.45, 2.75) is 40.3 Å². The normalized spacial score (nSPS) is 11.1. The van der Waals surface area contributed by atoms with Crippen LogP contribution >= 0.6 is 0 Å². The number of carbonyl (C=O) groups is 1. The second-order valence-corrected chi connectivity index (χ2v) is 7.30. The Morgan fingerprint density at radius 3 is 2.64 bits per heavy atom. The van der Waals surface area contributed by atoms with Crippen molar-refractivity contribution in [3.05, 3.63) is 69.0 Å². The average molecular weight is 380 g/mol. The second kappa shape index (κ2) is 8.21. The van der Waals surface area contributed by atoms with Gasteiger partial charge >= 0.3 is 5.69 Å². The topological polar surface area (TPSA) is 86.0 Å². The number of carbonyl (C=O) groups excluding carboxylic acids is 1. The molecule has 0 saturated carbocycles. The number of nitrogens with one attached hydrogen (secondary N) is 1. The van der Waals surface area contributed by atoms with Crippen molar-refractivity contribution in [2.24, 2.45) is 5.92 Å². The van der Waals surface area contributed by atoms with E-state index in [1.54, 1.807) is 18.2 Å². The molecule has 0 unspecified atom stereocenters. The lowest BCUT2D eigenvalue weighted by atomic mass is 10.1. The highest BCUT2D eigenvalue weighted by atomic mass is 16.2. The Kier molecular flexibility index (Phi) is 5.73. The molecule has 0 fully saturated rings. The number of hydrogen-bond donors (Lipinski definition) is 1. The monoisotopic (exact) mass is 380 g/mol. The number of hydrogen-bond acceptors (Lipinski definition) is 4. The fraction of sp³-hybridized carbons (Fsp3) is 0.333. The molecule has 0 aliphatic heterocycles. The molecule has 7 heteroatoms. The van der Waals surface area contributed by atoms with E-state index in [9.17, 15) is 14.4 Å². The number of amides is 1. The molecule has 3 aromatic rings. The van der Waals surface area contributed by atoms with Gasteiger partial charge in [0.15, 0.2) is 0 Å². The van der Waals surface area contributed by atoms with Gasteiger partial charge in [0.05, 0.1) is 5.39 Å². The Bertz CT molecular complexity index is 1130. The first kappa shape index (κ1) is 19.5. The third-order valence-corrected chi connectivity index (χ3v) is 4.51. The van der Waals surface area contributed by atoms with Gasteiger partial charge in [-0.05, 0) is 49.1 Å². The van der Waals surface area contributed by atoms with Crippen LogP contribution in [0.5, 0.6) is 0 Å². The lowest BCUT2D eigenvalue weighted by molar-refractivity contribution is -0.116. The molecule has 1 amide bonds. The highest BCUT2D eigenvalue weighted by Gasteiger charge is 2.16. The van der Waals surface area contributed by atoms with Crippen LogP contribution in [0, 0.1) is 12.8 Å². The van der Waals surface area contributed by atoms with Crippen molar-refractivity contribution >= 4 is 22.6 Å². The lowest BCUT2D eigenvalue weighted by Gasteiger charge is -2.14. The van der Waals surface area contributed by atoms with Crippen LogP contribution in [0.1, 0.15) is 25.8 Å². The number of pyridine rings is 1. The van der Waals surface area contributed by atoms with E-state index >= 15 is 0 Å². The molecule has 0 aliphatic rings. The summed E-state index contributed by atoms with van der Waals surface area (Å²) < 4.78 is 2.46. The first-order valence-electron chi connectivity index (χ1n) is 9.31. The zero-order valence-electron chi connectivity index (χ0n) is 16.3. The van der Waals surface area contributed by atoms with Crippen LogP contribution in [0.3, 0.4) is 0 Å². The van der Waals surface area contributed by atoms with Crippen LogP contribution < -0.4 is 16.6 Å². The zero-order valence-corrected chi connectivity index (χ0v) is 16.3. The van der Waals surface area contributed by atoms with Crippen molar-refractivity contribution in [1.82, 2.24) is 14.1 Å². The van der Waals surface area contributed by atoms with Gasteiger partial charge in [0.1, 0.15) is 12.2 Å². The van der Waals surface area contributed by atoms with Crippen LogP contribution in [0.25, 0.3) is 11.0 Å². The van der Waals surface area contributed by atoms with E-state index in [1.165, 1.54) is 15.3 Å². The summed E-state index contributed by atoms with van der Waals surface area (Å²) in [5.41, 5.74) is 1.01. The Morgan fingerprint density at radius 1 is 1.14 bits per heavy atom. The number of aromatic nitrogens is 3. The Labute approximate surface area is 162 Å². The summed E-state index contributed by atoms with van der Waals surface area (Å²) in [6, 6.07) is 10.7. The Morgan fingerprint density at radius 2 is 1.93 bits per heavy atom. The van der Waals surface area contributed by atoms with Crippen LogP contribution in [-0.4, -0.2) is 20.0 Å². The van der Waals surface area contributed by atoms with Crippen molar-refractivity contribution in [2.75, 3.05) is 5.32 Å². The molecule has 0 spiro atoms. The van der Waals surface area contributed by atoms with E-state index in [0.717, 1.165) is 5.56 Å². The molecular formula is C21H24N4O3. The van der Waals surface area contributed by atoms with E-state index in [4.69, 9.17) is 0 Å². The van der Waals surface area contributed by atoms with Gasteiger partial charge in [0, 0.05) is 18.4 Å². The molecular weight excluding hydrogens is 356 g/mol. The van der Waals surface area contributed by atoms with Gasteiger partial charge in [0.2, 0.25) is 5.91 Å². The van der Waals surface area contributed by atoms with E-state index in [2.05, 4.69) is 10.3 Å². The molecule has 0 atom stereocenters. The molecule has 28 heavy (non-hydrogen) atoms. The summed E-state index contributed by atoms with van der Waals surface area (Å²) in [5.74, 6) is -0.0114. The fourth-order valence-electron chi connectivity index (χ4n) is 3.04. The van der Waals surface area contributed by atoms with Crippen molar-refractivity contribution in [1.29, 1.82) is 0 Å². The predicted molar refractivity (Wildman–Crippen MR) is 110 cm³/mol. The standard InChI is InChI=1S/C21H24N4O3/c1-14(2)9-11-24-20(27)17-8-5-10-22-19(17)25(21(24)28)13-18(26)23-16-7-4-6-15(3)12-16/h4-8,10,12,14H,9,11,13H2,1-3H3,(H,23,26).